The topological polar surface area (TPSA) is 76.0 Å². The molecule has 4 rings (SSSR count). The number of imidazole rings is 1. The maximum absolute atomic E-state index is 12.7. The van der Waals surface area contributed by atoms with Crippen LogP contribution in [0, 0.1) is 5.92 Å². The zero-order chi connectivity index (χ0) is 20.6. The third-order valence-corrected chi connectivity index (χ3v) is 5.32. The molecule has 6 heteroatoms. The van der Waals surface area contributed by atoms with Crippen LogP contribution in [0.5, 0.6) is 0 Å². The molecule has 0 saturated carbocycles. The second-order valence-corrected chi connectivity index (χ2v) is 8.56. The summed E-state index contributed by atoms with van der Waals surface area (Å²) in [5, 5.41) is 5.90. The Morgan fingerprint density at radius 1 is 1.17 bits per heavy atom. The van der Waals surface area contributed by atoms with Crippen molar-refractivity contribution < 1.29 is 9.59 Å². The molecule has 2 heterocycles. The number of hydrogen-bond acceptors (Lipinski definition) is 3. The SMILES string of the molecule is CC(C)(C)n1c(NC(=O)CC[C@H]2Cc3ccccc3NC2=O)nc2ccccc21. The minimum Gasteiger partial charge on any atom is -0.326 e. The zero-order valence-electron chi connectivity index (χ0n) is 17.0. The number of hydrogen-bond donors (Lipinski definition) is 2. The van der Waals surface area contributed by atoms with Gasteiger partial charge in [0.25, 0.3) is 0 Å². The molecule has 6 nitrogen and oxygen atoms in total. The maximum Gasteiger partial charge on any atom is 0.227 e. The van der Waals surface area contributed by atoms with Crippen LogP contribution in [0.2, 0.25) is 0 Å². The molecular weight excluding hydrogens is 364 g/mol. The summed E-state index contributed by atoms with van der Waals surface area (Å²) in [7, 11) is 0. The fraction of sp³-hybridized carbons (Fsp3) is 0.348. The van der Waals surface area contributed by atoms with E-state index in [1.54, 1.807) is 0 Å². The fourth-order valence-electron chi connectivity index (χ4n) is 3.93. The number of benzene rings is 2. The Morgan fingerprint density at radius 2 is 1.90 bits per heavy atom. The normalized spacial score (nSPS) is 16.4. The highest BCUT2D eigenvalue weighted by Gasteiger charge is 2.27. The predicted molar refractivity (Wildman–Crippen MR) is 115 cm³/mol. The number of amides is 2. The lowest BCUT2D eigenvalue weighted by atomic mass is 9.89. The Balaban J connectivity index is 1.46. The van der Waals surface area contributed by atoms with E-state index >= 15 is 0 Å². The molecule has 29 heavy (non-hydrogen) atoms. The molecule has 2 N–H and O–H groups in total. The number of anilines is 2. The Morgan fingerprint density at radius 3 is 2.69 bits per heavy atom. The summed E-state index contributed by atoms with van der Waals surface area (Å²) in [6.45, 7) is 6.25. The minimum absolute atomic E-state index is 0.0153. The summed E-state index contributed by atoms with van der Waals surface area (Å²) in [4.78, 5) is 29.6. The lowest BCUT2D eigenvalue weighted by Gasteiger charge is -2.25. The molecule has 2 amide bonds. The van der Waals surface area contributed by atoms with Gasteiger partial charge in [-0.2, -0.15) is 0 Å². The number of nitrogens with one attached hydrogen (secondary N) is 2. The summed E-state index contributed by atoms with van der Waals surface area (Å²) in [6.07, 6.45) is 1.44. The Bertz CT molecular complexity index is 1080. The van der Waals surface area contributed by atoms with Gasteiger partial charge in [-0.3, -0.25) is 14.9 Å². The van der Waals surface area contributed by atoms with Crippen LogP contribution in [0.3, 0.4) is 0 Å². The molecule has 150 valence electrons. The number of aromatic nitrogens is 2. The highest BCUT2D eigenvalue weighted by atomic mass is 16.2. The Labute approximate surface area is 170 Å². The fourth-order valence-corrected chi connectivity index (χ4v) is 3.93. The number of para-hydroxylation sites is 3. The van der Waals surface area contributed by atoms with E-state index in [-0.39, 0.29) is 29.7 Å². The van der Waals surface area contributed by atoms with Gasteiger partial charge >= 0.3 is 0 Å². The van der Waals surface area contributed by atoms with Crippen LogP contribution >= 0.6 is 0 Å². The molecule has 1 aliphatic heterocycles. The third-order valence-electron chi connectivity index (χ3n) is 5.32. The largest absolute Gasteiger partial charge is 0.326 e. The highest BCUT2D eigenvalue weighted by Crippen LogP contribution is 2.29. The standard InChI is InChI=1S/C23H26N4O2/c1-23(2,3)27-19-11-7-6-10-18(19)25-22(27)26-20(28)13-12-16-14-15-8-4-5-9-17(15)24-21(16)29/h4-11,16H,12-14H2,1-3H3,(H,24,29)(H,25,26,28)/t16-/m0/s1. The summed E-state index contributed by atoms with van der Waals surface area (Å²) >= 11 is 0. The molecule has 2 aromatic carbocycles. The van der Waals surface area contributed by atoms with Crippen molar-refractivity contribution in [3.8, 4) is 0 Å². The van der Waals surface area contributed by atoms with Gasteiger partial charge in [0.05, 0.1) is 11.0 Å². The maximum atomic E-state index is 12.7. The van der Waals surface area contributed by atoms with E-state index in [9.17, 15) is 9.59 Å². The van der Waals surface area contributed by atoms with Gasteiger partial charge in [0.2, 0.25) is 17.8 Å². The first-order valence-corrected chi connectivity index (χ1v) is 9.99. The average molecular weight is 390 g/mol. The molecule has 1 aromatic heterocycles. The van der Waals surface area contributed by atoms with E-state index in [4.69, 9.17) is 0 Å². The van der Waals surface area contributed by atoms with Crippen molar-refractivity contribution in [3.05, 3.63) is 54.1 Å². The first kappa shape index (κ1) is 19.2. The molecule has 1 aliphatic rings. The summed E-state index contributed by atoms with van der Waals surface area (Å²) in [6, 6.07) is 15.7. The molecule has 0 aliphatic carbocycles. The van der Waals surface area contributed by atoms with E-state index < -0.39 is 0 Å². The second kappa shape index (κ2) is 7.35. The van der Waals surface area contributed by atoms with Gasteiger partial charge in [-0.25, -0.2) is 4.98 Å². The number of carbonyl (C=O) groups is 2. The monoisotopic (exact) mass is 390 g/mol. The molecule has 0 unspecified atom stereocenters. The van der Waals surface area contributed by atoms with Gasteiger partial charge in [0, 0.05) is 23.6 Å². The lowest BCUT2D eigenvalue weighted by molar-refractivity contribution is -0.121. The quantitative estimate of drug-likeness (QED) is 0.696. The summed E-state index contributed by atoms with van der Waals surface area (Å²) < 4.78 is 2.05. The molecule has 3 aromatic rings. The first-order valence-electron chi connectivity index (χ1n) is 9.99. The van der Waals surface area contributed by atoms with Gasteiger partial charge < -0.3 is 9.88 Å². The summed E-state index contributed by atoms with van der Waals surface area (Å²) in [5.74, 6) is 0.204. The van der Waals surface area contributed by atoms with Crippen molar-refractivity contribution in [2.75, 3.05) is 10.6 Å². The van der Waals surface area contributed by atoms with Gasteiger partial charge in [0.15, 0.2) is 0 Å². The molecule has 0 bridgehead atoms. The van der Waals surface area contributed by atoms with Crippen LogP contribution < -0.4 is 10.6 Å². The smallest absolute Gasteiger partial charge is 0.227 e. The van der Waals surface area contributed by atoms with E-state index in [1.807, 2.05) is 53.1 Å². The van der Waals surface area contributed by atoms with E-state index in [0.29, 0.717) is 18.8 Å². The van der Waals surface area contributed by atoms with Crippen molar-refractivity contribution in [3.63, 3.8) is 0 Å². The molecular formula is C23H26N4O2. The molecule has 0 spiro atoms. The molecule has 1 atom stereocenters. The van der Waals surface area contributed by atoms with Crippen molar-refractivity contribution in [2.24, 2.45) is 5.92 Å². The number of rotatable bonds is 4. The van der Waals surface area contributed by atoms with Gasteiger partial charge in [0.1, 0.15) is 0 Å². The molecule has 0 fully saturated rings. The van der Waals surface area contributed by atoms with E-state index in [1.165, 1.54) is 0 Å². The molecule has 0 saturated heterocycles. The van der Waals surface area contributed by atoms with Crippen molar-refractivity contribution in [1.29, 1.82) is 0 Å². The molecule has 0 radical (unpaired) electrons. The second-order valence-electron chi connectivity index (χ2n) is 8.56. The average Bonchev–Trinajstić information content (AvgIpc) is 3.04. The van der Waals surface area contributed by atoms with Crippen molar-refractivity contribution in [2.45, 2.75) is 45.6 Å². The summed E-state index contributed by atoms with van der Waals surface area (Å²) in [5.41, 5.74) is 3.59. The van der Waals surface area contributed by atoms with E-state index in [0.717, 1.165) is 22.3 Å². The predicted octanol–water partition coefficient (Wildman–Crippen LogP) is 4.32. The van der Waals surface area contributed by atoms with Crippen LogP contribution in [0.4, 0.5) is 11.6 Å². The first-order chi connectivity index (χ1) is 13.8. The van der Waals surface area contributed by atoms with Gasteiger partial charge in [-0.15, -0.1) is 0 Å². The van der Waals surface area contributed by atoms with Crippen molar-refractivity contribution in [1.82, 2.24) is 9.55 Å². The van der Waals surface area contributed by atoms with Crippen LogP contribution in [0.15, 0.2) is 48.5 Å². The Kier molecular flexibility index (Phi) is 4.86. The van der Waals surface area contributed by atoms with Crippen molar-refractivity contribution >= 4 is 34.5 Å². The van der Waals surface area contributed by atoms with Crippen LogP contribution in [-0.2, 0) is 21.5 Å². The lowest BCUT2D eigenvalue weighted by Crippen LogP contribution is -2.31. The number of carbonyl (C=O) groups excluding carboxylic acids is 2. The van der Waals surface area contributed by atoms with Gasteiger partial charge in [-0.1, -0.05) is 30.3 Å². The third kappa shape index (κ3) is 3.88. The zero-order valence-corrected chi connectivity index (χ0v) is 17.0. The number of nitrogens with zero attached hydrogens (tertiary/aromatic N) is 2. The van der Waals surface area contributed by atoms with Gasteiger partial charge in [-0.05, 0) is 57.4 Å². The van der Waals surface area contributed by atoms with Crippen LogP contribution in [0.1, 0.15) is 39.2 Å². The number of fused-ring (bicyclic) bond motifs is 2. The minimum atomic E-state index is -0.230. The van der Waals surface area contributed by atoms with Crippen LogP contribution in [-0.4, -0.2) is 21.4 Å². The highest BCUT2D eigenvalue weighted by molar-refractivity contribution is 5.96. The van der Waals surface area contributed by atoms with Crippen LogP contribution in [0.25, 0.3) is 11.0 Å². The van der Waals surface area contributed by atoms with E-state index in [2.05, 4.69) is 36.4 Å². The Hall–Kier alpha value is -3.15.